The predicted molar refractivity (Wildman–Crippen MR) is 89.5 cm³/mol. The Morgan fingerprint density at radius 1 is 1.14 bits per heavy atom. The Morgan fingerprint density at radius 2 is 1.95 bits per heavy atom. The van der Waals surface area contributed by atoms with Gasteiger partial charge in [-0.2, -0.15) is 0 Å². The first-order valence-electron chi connectivity index (χ1n) is 7.42. The molecule has 0 aliphatic heterocycles. The van der Waals surface area contributed by atoms with Crippen molar-refractivity contribution in [1.82, 2.24) is 0 Å². The van der Waals surface area contributed by atoms with Gasteiger partial charge in [0, 0.05) is 16.1 Å². The van der Waals surface area contributed by atoms with Gasteiger partial charge in [-0.05, 0) is 55.0 Å². The van der Waals surface area contributed by atoms with E-state index in [2.05, 4.69) is 34.1 Å². The minimum absolute atomic E-state index is 0.0341. The van der Waals surface area contributed by atoms with E-state index in [4.69, 9.17) is 10.5 Å². The average Bonchev–Trinajstić information content (AvgIpc) is 2.92. The van der Waals surface area contributed by atoms with E-state index in [-0.39, 0.29) is 6.04 Å². The summed E-state index contributed by atoms with van der Waals surface area (Å²) in [5.41, 5.74) is 11.3. The topological polar surface area (TPSA) is 35.2 Å². The number of nitrogens with two attached hydrogens (primary N) is 1. The van der Waals surface area contributed by atoms with Crippen LogP contribution in [0.5, 0.6) is 5.75 Å². The zero-order valence-electron chi connectivity index (χ0n) is 12.2. The maximum absolute atomic E-state index is 6.02. The van der Waals surface area contributed by atoms with Crippen molar-refractivity contribution < 1.29 is 4.74 Å². The molecule has 0 radical (unpaired) electrons. The quantitative estimate of drug-likeness (QED) is 0.882. The molecule has 0 bridgehead atoms. The van der Waals surface area contributed by atoms with E-state index < -0.39 is 0 Å². The zero-order chi connectivity index (χ0) is 14.8. The summed E-state index contributed by atoms with van der Waals surface area (Å²) in [6.45, 7) is 2.56. The molecule has 110 valence electrons. The number of hydrogen-bond donors (Lipinski definition) is 1. The molecule has 0 fully saturated rings. The molecule has 2 aromatic rings. The minimum atomic E-state index is -0.0341. The van der Waals surface area contributed by atoms with Gasteiger partial charge < -0.3 is 10.5 Å². The summed E-state index contributed by atoms with van der Waals surface area (Å²) in [5.74, 6) is 0.861. The molecular weight excluding hydrogens is 326 g/mol. The molecule has 0 heterocycles. The van der Waals surface area contributed by atoms with Crippen LogP contribution >= 0.6 is 15.9 Å². The van der Waals surface area contributed by atoms with Crippen LogP contribution in [0, 0.1) is 0 Å². The van der Waals surface area contributed by atoms with E-state index in [0.29, 0.717) is 6.61 Å². The highest BCUT2D eigenvalue weighted by molar-refractivity contribution is 9.10. The number of hydrogen-bond acceptors (Lipinski definition) is 2. The average molecular weight is 346 g/mol. The Labute approximate surface area is 134 Å². The van der Waals surface area contributed by atoms with Crippen molar-refractivity contribution in [3.8, 4) is 5.75 Å². The van der Waals surface area contributed by atoms with Crippen LogP contribution in [0.3, 0.4) is 0 Å². The second-order valence-corrected chi connectivity index (χ2v) is 6.63. The fourth-order valence-corrected chi connectivity index (χ4v) is 3.23. The van der Waals surface area contributed by atoms with Gasteiger partial charge in [0.05, 0.1) is 0 Å². The lowest BCUT2D eigenvalue weighted by Gasteiger charge is -2.15. The molecule has 2 N–H and O–H groups in total. The molecule has 21 heavy (non-hydrogen) atoms. The van der Waals surface area contributed by atoms with E-state index in [1.54, 1.807) is 0 Å². The molecule has 1 atom stereocenters. The highest BCUT2D eigenvalue weighted by atomic mass is 79.9. The third-order valence-electron chi connectivity index (χ3n) is 4.02. The predicted octanol–water partition coefficient (Wildman–Crippen LogP) is 4.54. The Bertz CT molecular complexity index is 652. The van der Waals surface area contributed by atoms with Gasteiger partial charge in [0.25, 0.3) is 0 Å². The van der Waals surface area contributed by atoms with E-state index >= 15 is 0 Å². The van der Waals surface area contributed by atoms with Crippen LogP contribution in [0.1, 0.15) is 41.6 Å². The van der Waals surface area contributed by atoms with Gasteiger partial charge in [0.15, 0.2) is 0 Å². The summed E-state index contributed by atoms with van der Waals surface area (Å²) < 4.78 is 7.03. The van der Waals surface area contributed by atoms with Crippen molar-refractivity contribution >= 4 is 15.9 Å². The lowest BCUT2D eigenvalue weighted by Crippen LogP contribution is -2.08. The molecule has 0 saturated heterocycles. The summed E-state index contributed by atoms with van der Waals surface area (Å²) in [6, 6.07) is 12.7. The first kappa shape index (κ1) is 14.6. The zero-order valence-corrected chi connectivity index (χ0v) is 13.8. The van der Waals surface area contributed by atoms with Crippen LogP contribution in [0.4, 0.5) is 0 Å². The molecule has 2 nitrogen and oxygen atoms in total. The SMILES string of the molecule is C[C@@H](N)c1ccc(Br)cc1OCc1ccc2c(c1)CCC2. The van der Waals surface area contributed by atoms with Gasteiger partial charge in [-0.1, -0.05) is 40.2 Å². The molecule has 3 rings (SSSR count). The molecule has 3 heteroatoms. The third kappa shape index (κ3) is 3.30. The molecule has 2 aromatic carbocycles. The number of aryl methyl sites for hydroxylation is 2. The molecule has 1 aliphatic rings. The highest BCUT2D eigenvalue weighted by Crippen LogP contribution is 2.29. The minimum Gasteiger partial charge on any atom is -0.489 e. The number of rotatable bonds is 4. The largest absolute Gasteiger partial charge is 0.489 e. The maximum atomic E-state index is 6.02. The van der Waals surface area contributed by atoms with E-state index in [1.807, 2.05) is 25.1 Å². The molecule has 0 unspecified atom stereocenters. The van der Waals surface area contributed by atoms with E-state index in [0.717, 1.165) is 15.8 Å². The van der Waals surface area contributed by atoms with E-state index in [1.165, 1.54) is 36.0 Å². The summed E-state index contributed by atoms with van der Waals surface area (Å²) in [5, 5.41) is 0. The monoisotopic (exact) mass is 345 g/mol. The summed E-state index contributed by atoms with van der Waals surface area (Å²) in [4.78, 5) is 0. The van der Waals surface area contributed by atoms with Crippen molar-refractivity contribution in [2.75, 3.05) is 0 Å². The van der Waals surface area contributed by atoms with Gasteiger partial charge in [-0.15, -0.1) is 0 Å². The van der Waals surface area contributed by atoms with Gasteiger partial charge in [-0.3, -0.25) is 0 Å². The van der Waals surface area contributed by atoms with Crippen LogP contribution in [0.2, 0.25) is 0 Å². The maximum Gasteiger partial charge on any atom is 0.125 e. The van der Waals surface area contributed by atoms with Crippen molar-refractivity contribution in [2.24, 2.45) is 5.73 Å². The Kier molecular flexibility index (Phi) is 4.32. The standard InChI is InChI=1S/C18H20BrNO/c1-12(20)17-8-7-16(19)10-18(17)21-11-13-5-6-14-3-2-4-15(14)9-13/h5-10,12H,2-4,11,20H2,1H3/t12-/m1/s1. The number of fused-ring (bicyclic) bond motifs is 1. The molecule has 0 spiro atoms. The lowest BCUT2D eigenvalue weighted by molar-refractivity contribution is 0.301. The van der Waals surface area contributed by atoms with Crippen LogP contribution < -0.4 is 10.5 Å². The fourth-order valence-electron chi connectivity index (χ4n) is 2.89. The van der Waals surface area contributed by atoms with Crippen LogP contribution in [-0.2, 0) is 19.4 Å². The van der Waals surface area contributed by atoms with E-state index in [9.17, 15) is 0 Å². The smallest absolute Gasteiger partial charge is 0.125 e. The number of ether oxygens (including phenoxy) is 1. The van der Waals surface area contributed by atoms with Gasteiger partial charge >= 0.3 is 0 Å². The Morgan fingerprint density at radius 3 is 2.76 bits per heavy atom. The lowest BCUT2D eigenvalue weighted by atomic mass is 10.1. The first-order valence-corrected chi connectivity index (χ1v) is 8.21. The first-order chi connectivity index (χ1) is 10.1. The molecule has 1 aliphatic carbocycles. The number of benzene rings is 2. The Balaban J connectivity index is 1.77. The van der Waals surface area contributed by atoms with Gasteiger partial charge in [0.2, 0.25) is 0 Å². The second kappa shape index (κ2) is 6.20. The fraction of sp³-hybridized carbons (Fsp3) is 0.333. The Hall–Kier alpha value is -1.32. The second-order valence-electron chi connectivity index (χ2n) is 5.72. The van der Waals surface area contributed by atoms with Crippen LogP contribution in [-0.4, -0.2) is 0 Å². The van der Waals surface area contributed by atoms with Gasteiger partial charge in [-0.25, -0.2) is 0 Å². The normalized spacial score (nSPS) is 14.8. The summed E-state index contributed by atoms with van der Waals surface area (Å²) >= 11 is 3.49. The molecular formula is C18H20BrNO. The van der Waals surface area contributed by atoms with Crippen molar-refractivity contribution in [2.45, 2.75) is 38.8 Å². The van der Waals surface area contributed by atoms with Crippen molar-refractivity contribution in [3.05, 3.63) is 63.1 Å². The molecule has 0 saturated carbocycles. The van der Waals surface area contributed by atoms with Crippen molar-refractivity contribution in [1.29, 1.82) is 0 Å². The third-order valence-corrected chi connectivity index (χ3v) is 4.52. The highest BCUT2D eigenvalue weighted by Gasteiger charge is 2.12. The summed E-state index contributed by atoms with van der Waals surface area (Å²) in [6.07, 6.45) is 3.70. The number of halogens is 1. The van der Waals surface area contributed by atoms with Crippen LogP contribution in [0.25, 0.3) is 0 Å². The van der Waals surface area contributed by atoms with Crippen LogP contribution in [0.15, 0.2) is 40.9 Å². The molecule has 0 amide bonds. The van der Waals surface area contributed by atoms with Crippen molar-refractivity contribution in [3.63, 3.8) is 0 Å². The van der Waals surface area contributed by atoms with Gasteiger partial charge in [0.1, 0.15) is 12.4 Å². The summed E-state index contributed by atoms with van der Waals surface area (Å²) in [7, 11) is 0. The molecule has 0 aromatic heterocycles.